The number of hydrogen-bond donors (Lipinski definition) is 7. The van der Waals surface area contributed by atoms with Crippen LogP contribution in [0, 0.1) is 0 Å². The largest absolute Gasteiger partial charge is 0.480 e. The average Bonchev–Trinajstić information content (AvgIpc) is 3.22. The molecule has 0 saturated carbocycles. The highest BCUT2D eigenvalue weighted by atomic mass is 32.2. The second-order valence-corrected chi connectivity index (χ2v) is 9.31. The van der Waals surface area contributed by atoms with Crippen LogP contribution in [0.1, 0.15) is 25.3 Å². The van der Waals surface area contributed by atoms with Crippen molar-refractivity contribution in [1.29, 1.82) is 0 Å². The van der Waals surface area contributed by atoms with Gasteiger partial charge in [-0.15, -0.1) is 0 Å². The molecule has 4 atom stereocenters. The fraction of sp³-hybridized carbons (Fsp3) is 0.435. The summed E-state index contributed by atoms with van der Waals surface area (Å²) < 4.78 is 0. The summed E-state index contributed by atoms with van der Waals surface area (Å²) in [5.41, 5.74) is 12.3. The first-order valence-corrected chi connectivity index (χ1v) is 12.6. The summed E-state index contributed by atoms with van der Waals surface area (Å²) in [6.45, 7) is 1.41. The second-order valence-electron chi connectivity index (χ2n) is 8.33. The second kappa shape index (κ2) is 13.5. The number of benzene rings is 1. The average molecular weight is 521 g/mol. The molecule has 0 spiro atoms. The van der Waals surface area contributed by atoms with Crippen LogP contribution in [-0.4, -0.2) is 75.9 Å². The Morgan fingerprint density at radius 1 is 1.00 bits per heavy atom. The zero-order valence-electron chi connectivity index (χ0n) is 20.1. The molecule has 12 nitrogen and oxygen atoms in total. The Kier molecular flexibility index (Phi) is 10.7. The molecule has 0 bridgehead atoms. The van der Waals surface area contributed by atoms with E-state index in [0.29, 0.717) is 11.3 Å². The van der Waals surface area contributed by atoms with Gasteiger partial charge >= 0.3 is 5.97 Å². The maximum atomic E-state index is 13.1. The summed E-state index contributed by atoms with van der Waals surface area (Å²) in [5.74, 6) is -3.79. The number of carboxylic acid groups (broad SMARTS) is 1. The molecular formula is C23H32N6O6S. The number of thioether (sulfide) groups is 1. The van der Waals surface area contributed by atoms with Gasteiger partial charge in [0.15, 0.2) is 0 Å². The smallest absolute Gasteiger partial charge is 0.326 e. The van der Waals surface area contributed by atoms with E-state index in [1.807, 2.05) is 30.5 Å². The van der Waals surface area contributed by atoms with E-state index in [4.69, 9.17) is 11.5 Å². The number of nitrogens with one attached hydrogen (secondary N) is 4. The number of carboxylic acids is 1. The van der Waals surface area contributed by atoms with Crippen LogP contribution in [0.4, 0.5) is 0 Å². The van der Waals surface area contributed by atoms with E-state index in [1.54, 1.807) is 6.20 Å². The number of fused-ring (bicyclic) bond motifs is 1. The molecule has 1 aromatic carbocycles. The number of amides is 4. The van der Waals surface area contributed by atoms with Crippen molar-refractivity contribution in [3.63, 3.8) is 0 Å². The lowest BCUT2D eigenvalue weighted by molar-refractivity contribution is -0.142. The quantitative estimate of drug-likeness (QED) is 0.168. The van der Waals surface area contributed by atoms with Crippen LogP contribution in [-0.2, 0) is 30.4 Å². The van der Waals surface area contributed by atoms with Gasteiger partial charge in [0, 0.05) is 23.5 Å². The van der Waals surface area contributed by atoms with Gasteiger partial charge in [-0.2, -0.15) is 11.8 Å². The van der Waals surface area contributed by atoms with Crippen molar-refractivity contribution in [3.05, 3.63) is 36.0 Å². The predicted molar refractivity (Wildman–Crippen MR) is 136 cm³/mol. The van der Waals surface area contributed by atoms with Crippen LogP contribution in [0.2, 0.25) is 0 Å². The van der Waals surface area contributed by atoms with Gasteiger partial charge in [-0.3, -0.25) is 19.2 Å². The van der Waals surface area contributed by atoms with E-state index in [9.17, 15) is 29.1 Å². The monoisotopic (exact) mass is 520 g/mol. The number of hydrogen-bond acceptors (Lipinski definition) is 7. The van der Waals surface area contributed by atoms with E-state index in [1.165, 1.54) is 18.7 Å². The molecule has 0 aliphatic heterocycles. The number of aliphatic carboxylic acids is 1. The number of nitrogens with two attached hydrogens (primary N) is 2. The molecule has 9 N–H and O–H groups in total. The molecule has 0 aliphatic rings. The summed E-state index contributed by atoms with van der Waals surface area (Å²) in [6, 6.07) is 2.72. The molecule has 0 saturated heterocycles. The number of para-hydroxylation sites is 1. The Labute approximate surface area is 212 Å². The third-order valence-corrected chi connectivity index (χ3v) is 6.05. The molecule has 0 radical (unpaired) electrons. The third kappa shape index (κ3) is 8.27. The highest BCUT2D eigenvalue weighted by Crippen LogP contribution is 2.19. The Morgan fingerprint density at radius 3 is 2.22 bits per heavy atom. The molecule has 13 heteroatoms. The molecule has 2 rings (SSSR count). The molecule has 0 fully saturated rings. The van der Waals surface area contributed by atoms with Gasteiger partial charge < -0.3 is 37.5 Å². The van der Waals surface area contributed by atoms with Gasteiger partial charge in [0.2, 0.25) is 23.6 Å². The molecule has 1 aromatic heterocycles. The van der Waals surface area contributed by atoms with Gasteiger partial charge in [-0.1, -0.05) is 18.2 Å². The van der Waals surface area contributed by atoms with Crippen molar-refractivity contribution in [1.82, 2.24) is 20.9 Å². The maximum absolute atomic E-state index is 13.1. The van der Waals surface area contributed by atoms with Crippen LogP contribution >= 0.6 is 11.8 Å². The summed E-state index contributed by atoms with van der Waals surface area (Å²) >= 11 is 1.43. The van der Waals surface area contributed by atoms with E-state index in [2.05, 4.69) is 20.9 Å². The van der Waals surface area contributed by atoms with Crippen LogP contribution in [0.15, 0.2) is 30.5 Å². The number of rotatable bonds is 14. The fourth-order valence-corrected chi connectivity index (χ4v) is 3.95. The van der Waals surface area contributed by atoms with E-state index < -0.39 is 60.2 Å². The van der Waals surface area contributed by atoms with Gasteiger partial charge in [0.25, 0.3) is 0 Å². The number of H-pyrrole nitrogens is 1. The molecular weight excluding hydrogens is 488 g/mol. The van der Waals surface area contributed by atoms with Gasteiger partial charge in [-0.25, -0.2) is 4.79 Å². The summed E-state index contributed by atoms with van der Waals surface area (Å²) in [7, 11) is 0. The van der Waals surface area contributed by atoms with Crippen LogP contribution in [0.5, 0.6) is 0 Å². The summed E-state index contributed by atoms with van der Waals surface area (Å²) in [5, 5.41) is 17.9. The predicted octanol–water partition coefficient (Wildman–Crippen LogP) is -0.775. The summed E-state index contributed by atoms with van der Waals surface area (Å²) in [4.78, 5) is 64.3. The van der Waals surface area contributed by atoms with Crippen molar-refractivity contribution in [2.45, 2.75) is 50.4 Å². The standard InChI is InChI=1S/C23H32N6O6S/c1-12(24)20(31)28-17(10-19(25)30)22(33)27-16(7-8-36-2)21(32)29-18(23(34)35)9-13-11-26-15-6-4-3-5-14(13)15/h3-6,11-12,16-18,26H,7-10,24H2,1-2H3,(H2,25,30)(H,27,33)(H,28,31)(H,29,32)(H,34,35). The fourth-order valence-electron chi connectivity index (χ4n) is 3.48. The number of carbonyl (C=O) groups is 5. The van der Waals surface area contributed by atoms with Crippen molar-refractivity contribution < 1.29 is 29.1 Å². The van der Waals surface area contributed by atoms with Gasteiger partial charge in [0.1, 0.15) is 18.1 Å². The van der Waals surface area contributed by atoms with E-state index in [0.717, 1.165) is 10.9 Å². The molecule has 4 unspecified atom stereocenters. The zero-order chi connectivity index (χ0) is 26.8. The Balaban J connectivity index is 2.17. The first-order chi connectivity index (χ1) is 17.0. The molecule has 4 amide bonds. The van der Waals surface area contributed by atoms with Crippen LogP contribution in [0.3, 0.4) is 0 Å². The SMILES string of the molecule is CSCCC(NC(=O)C(CC(N)=O)NC(=O)C(C)N)C(=O)NC(Cc1c[nH]c2ccccc12)C(=O)O. The Bertz CT molecular complexity index is 1100. The van der Waals surface area contributed by atoms with Crippen LogP contribution < -0.4 is 27.4 Å². The maximum Gasteiger partial charge on any atom is 0.326 e. The molecule has 196 valence electrons. The van der Waals surface area contributed by atoms with Crippen molar-refractivity contribution in [2.24, 2.45) is 11.5 Å². The zero-order valence-corrected chi connectivity index (χ0v) is 20.9. The third-order valence-electron chi connectivity index (χ3n) is 5.41. The first-order valence-electron chi connectivity index (χ1n) is 11.2. The topological polar surface area (TPSA) is 209 Å². The van der Waals surface area contributed by atoms with E-state index >= 15 is 0 Å². The molecule has 1 heterocycles. The first kappa shape index (κ1) is 28.7. The minimum Gasteiger partial charge on any atom is -0.480 e. The minimum atomic E-state index is -1.34. The molecule has 0 aliphatic carbocycles. The number of aromatic amines is 1. The highest BCUT2D eigenvalue weighted by molar-refractivity contribution is 7.98. The van der Waals surface area contributed by atoms with Gasteiger partial charge in [-0.05, 0) is 37.0 Å². The van der Waals surface area contributed by atoms with Crippen molar-refractivity contribution in [3.8, 4) is 0 Å². The lowest BCUT2D eigenvalue weighted by Gasteiger charge is -2.24. The summed E-state index contributed by atoms with van der Waals surface area (Å²) in [6.07, 6.45) is 3.20. The highest BCUT2D eigenvalue weighted by Gasteiger charge is 2.31. The number of aromatic nitrogens is 1. The van der Waals surface area contributed by atoms with E-state index in [-0.39, 0.29) is 12.8 Å². The van der Waals surface area contributed by atoms with Gasteiger partial charge in [0.05, 0.1) is 12.5 Å². The van der Waals surface area contributed by atoms with Crippen molar-refractivity contribution >= 4 is 52.3 Å². The lowest BCUT2D eigenvalue weighted by atomic mass is 10.0. The number of carbonyl (C=O) groups excluding carboxylic acids is 4. The molecule has 2 aromatic rings. The number of primary amides is 1. The van der Waals surface area contributed by atoms with Crippen molar-refractivity contribution in [2.75, 3.05) is 12.0 Å². The molecule has 36 heavy (non-hydrogen) atoms. The Morgan fingerprint density at radius 2 is 1.61 bits per heavy atom. The Hall–Kier alpha value is -3.58. The minimum absolute atomic E-state index is 0.0169. The lowest BCUT2D eigenvalue weighted by Crippen LogP contribution is -2.57. The van der Waals surface area contributed by atoms with Crippen LogP contribution in [0.25, 0.3) is 10.9 Å². The normalized spacial score (nSPS) is 14.3.